The van der Waals surface area contributed by atoms with Gasteiger partial charge in [-0.25, -0.2) is 0 Å². The second-order valence-corrected chi connectivity index (χ2v) is 4.49. The van der Waals surface area contributed by atoms with Crippen molar-refractivity contribution in [2.75, 3.05) is 0 Å². The van der Waals surface area contributed by atoms with Gasteiger partial charge < -0.3 is 0 Å². The second kappa shape index (κ2) is 10.5. The first-order valence-electron chi connectivity index (χ1n) is 6.57. The minimum Gasteiger partial charge on any atom is -0.198 e. The van der Waals surface area contributed by atoms with Gasteiger partial charge in [-0.1, -0.05) is 39.5 Å². The highest BCUT2D eigenvalue weighted by Gasteiger charge is 2.06. The molecule has 0 aliphatic heterocycles. The molecule has 90 valence electrons. The average Bonchev–Trinajstić information content (AvgIpc) is 2.32. The second-order valence-electron chi connectivity index (χ2n) is 4.49. The van der Waals surface area contributed by atoms with E-state index in [0.29, 0.717) is 0 Å². The molecule has 2 heteroatoms. The van der Waals surface area contributed by atoms with Crippen molar-refractivity contribution in [3.05, 3.63) is 0 Å². The fraction of sp³-hybridized carbons (Fsp3) is 0.857. The summed E-state index contributed by atoms with van der Waals surface area (Å²) in [7, 11) is 0. The van der Waals surface area contributed by atoms with Crippen LogP contribution in [0, 0.1) is 34.5 Å². The Labute approximate surface area is 100 Å². The Balaban J connectivity index is 3.46. The van der Waals surface area contributed by atoms with Crippen LogP contribution in [0.2, 0.25) is 0 Å². The Kier molecular flexibility index (Phi) is 9.83. The SMILES string of the molecule is CCCC(C#N)CCCCCC(C#N)CC. The molecule has 0 N–H and O–H groups in total. The number of nitrogens with zero attached hydrogens (tertiary/aromatic N) is 2. The first kappa shape index (κ1) is 15.0. The number of unbranched alkanes of at least 4 members (excludes halogenated alkanes) is 2. The molecule has 0 spiro atoms. The van der Waals surface area contributed by atoms with Crippen molar-refractivity contribution < 1.29 is 0 Å². The fourth-order valence-corrected chi connectivity index (χ4v) is 1.94. The summed E-state index contributed by atoms with van der Waals surface area (Å²) < 4.78 is 0. The van der Waals surface area contributed by atoms with E-state index in [2.05, 4.69) is 26.0 Å². The van der Waals surface area contributed by atoms with Gasteiger partial charge in [-0.05, 0) is 25.7 Å². The molecule has 2 nitrogen and oxygen atoms in total. The van der Waals surface area contributed by atoms with Crippen molar-refractivity contribution in [1.82, 2.24) is 0 Å². The largest absolute Gasteiger partial charge is 0.198 e. The molecule has 16 heavy (non-hydrogen) atoms. The van der Waals surface area contributed by atoms with Crippen molar-refractivity contribution in [2.45, 2.75) is 65.2 Å². The molecule has 0 aromatic carbocycles. The maximum Gasteiger partial charge on any atom is 0.0655 e. The van der Waals surface area contributed by atoms with Crippen molar-refractivity contribution in [3.63, 3.8) is 0 Å². The molecular weight excluding hydrogens is 196 g/mol. The number of rotatable bonds is 9. The zero-order valence-corrected chi connectivity index (χ0v) is 10.7. The standard InChI is InChI=1S/C14H24N2/c1-3-8-14(12-16)10-7-5-6-9-13(4-2)11-15/h13-14H,3-10H2,1-2H3. The molecule has 0 rings (SSSR count). The predicted octanol–water partition coefficient (Wildman–Crippen LogP) is 4.43. The van der Waals surface area contributed by atoms with Crippen LogP contribution >= 0.6 is 0 Å². The van der Waals surface area contributed by atoms with Gasteiger partial charge in [0.2, 0.25) is 0 Å². The lowest BCUT2D eigenvalue weighted by atomic mass is 9.95. The van der Waals surface area contributed by atoms with Crippen LogP contribution in [0.4, 0.5) is 0 Å². The minimum absolute atomic E-state index is 0.238. The smallest absolute Gasteiger partial charge is 0.0655 e. The average molecular weight is 220 g/mol. The van der Waals surface area contributed by atoms with Gasteiger partial charge in [-0.15, -0.1) is 0 Å². The summed E-state index contributed by atoms with van der Waals surface area (Å²) in [5.41, 5.74) is 0. The highest BCUT2D eigenvalue weighted by molar-refractivity contribution is 4.83. The predicted molar refractivity (Wildman–Crippen MR) is 66.5 cm³/mol. The number of nitriles is 2. The van der Waals surface area contributed by atoms with Crippen LogP contribution in [-0.2, 0) is 0 Å². The third-order valence-electron chi connectivity index (χ3n) is 3.10. The lowest BCUT2D eigenvalue weighted by molar-refractivity contribution is 0.479. The van der Waals surface area contributed by atoms with Crippen LogP contribution in [0.3, 0.4) is 0 Å². The number of hydrogen-bond acceptors (Lipinski definition) is 2. The molecule has 0 aromatic rings. The first-order valence-corrected chi connectivity index (χ1v) is 6.57. The molecule has 0 heterocycles. The normalized spacial score (nSPS) is 13.8. The van der Waals surface area contributed by atoms with Gasteiger partial charge in [0.15, 0.2) is 0 Å². The van der Waals surface area contributed by atoms with Crippen molar-refractivity contribution >= 4 is 0 Å². The van der Waals surface area contributed by atoms with Gasteiger partial charge in [-0.3, -0.25) is 0 Å². The summed E-state index contributed by atoms with van der Waals surface area (Å²) in [5.74, 6) is 0.491. The molecule has 0 radical (unpaired) electrons. The van der Waals surface area contributed by atoms with Gasteiger partial charge >= 0.3 is 0 Å². The Morgan fingerprint density at radius 3 is 1.81 bits per heavy atom. The van der Waals surface area contributed by atoms with Gasteiger partial charge in [0.05, 0.1) is 12.1 Å². The molecule has 0 saturated carbocycles. The Bertz CT molecular complexity index is 234. The molecule has 2 atom stereocenters. The summed E-state index contributed by atoms with van der Waals surface area (Å²) in [6, 6.07) is 4.70. The van der Waals surface area contributed by atoms with E-state index in [9.17, 15) is 0 Å². The van der Waals surface area contributed by atoms with Crippen molar-refractivity contribution in [3.8, 4) is 12.1 Å². The summed E-state index contributed by atoms with van der Waals surface area (Å²) in [6.07, 6.45) is 8.60. The summed E-state index contributed by atoms with van der Waals surface area (Å²) in [5, 5.41) is 17.7. The van der Waals surface area contributed by atoms with Crippen LogP contribution in [0.5, 0.6) is 0 Å². The molecule has 2 unspecified atom stereocenters. The summed E-state index contributed by atoms with van der Waals surface area (Å²) >= 11 is 0. The topological polar surface area (TPSA) is 47.6 Å². The van der Waals surface area contributed by atoms with Crippen molar-refractivity contribution in [2.24, 2.45) is 11.8 Å². The zero-order chi connectivity index (χ0) is 12.2. The van der Waals surface area contributed by atoms with E-state index in [4.69, 9.17) is 10.5 Å². The van der Waals surface area contributed by atoms with Gasteiger partial charge in [0.1, 0.15) is 0 Å². The Hall–Kier alpha value is -1.02. The molecule has 0 aliphatic rings. The molecule has 0 aromatic heterocycles. The quantitative estimate of drug-likeness (QED) is 0.540. The summed E-state index contributed by atoms with van der Waals surface area (Å²) in [6.45, 7) is 4.20. The molecule has 0 amide bonds. The fourth-order valence-electron chi connectivity index (χ4n) is 1.94. The van der Waals surface area contributed by atoms with Crippen LogP contribution in [-0.4, -0.2) is 0 Å². The van der Waals surface area contributed by atoms with Crippen LogP contribution < -0.4 is 0 Å². The van der Waals surface area contributed by atoms with E-state index in [0.717, 1.165) is 44.9 Å². The molecule has 0 aliphatic carbocycles. The van der Waals surface area contributed by atoms with E-state index in [-0.39, 0.29) is 11.8 Å². The third-order valence-corrected chi connectivity index (χ3v) is 3.10. The highest BCUT2D eigenvalue weighted by atomic mass is 14.3. The maximum atomic E-state index is 8.88. The molecule has 0 saturated heterocycles. The van der Waals surface area contributed by atoms with Crippen LogP contribution in [0.25, 0.3) is 0 Å². The van der Waals surface area contributed by atoms with E-state index in [1.54, 1.807) is 0 Å². The first-order chi connectivity index (χ1) is 7.78. The van der Waals surface area contributed by atoms with Gasteiger partial charge in [-0.2, -0.15) is 10.5 Å². The third kappa shape index (κ3) is 7.30. The van der Waals surface area contributed by atoms with E-state index in [1.807, 2.05) is 0 Å². The zero-order valence-electron chi connectivity index (χ0n) is 10.7. The van der Waals surface area contributed by atoms with Crippen molar-refractivity contribution in [1.29, 1.82) is 10.5 Å². The van der Waals surface area contributed by atoms with Crippen LogP contribution in [0.1, 0.15) is 65.2 Å². The highest BCUT2D eigenvalue weighted by Crippen LogP contribution is 2.17. The Morgan fingerprint density at radius 1 is 0.812 bits per heavy atom. The van der Waals surface area contributed by atoms with Gasteiger partial charge in [0.25, 0.3) is 0 Å². The van der Waals surface area contributed by atoms with E-state index in [1.165, 1.54) is 6.42 Å². The maximum absolute atomic E-state index is 8.88. The Morgan fingerprint density at radius 2 is 1.38 bits per heavy atom. The lowest BCUT2D eigenvalue weighted by Gasteiger charge is -2.08. The monoisotopic (exact) mass is 220 g/mol. The van der Waals surface area contributed by atoms with Gasteiger partial charge in [0, 0.05) is 11.8 Å². The molecular formula is C14H24N2. The minimum atomic E-state index is 0.238. The van der Waals surface area contributed by atoms with Crippen LogP contribution in [0.15, 0.2) is 0 Å². The molecule has 0 bridgehead atoms. The van der Waals surface area contributed by atoms with E-state index < -0.39 is 0 Å². The number of hydrogen-bond donors (Lipinski definition) is 0. The molecule has 0 fully saturated rings. The lowest BCUT2D eigenvalue weighted by Crippen LogP contribution is -1.98. The summed E-state index contributed by atoms with van der Waals surface area (Å²) in [4.78, 5) is 0. The van der Waals surface area contributed by atoms with E-state index >= 15 is 0 Å².